The lowest BCUT2D eigenvalue weighted by Gasteiger charge is -2.19. The molecule has 0 saturated heterocycles. The molecule has 18 heavy (non-hydrogen) atoms. The summed E-state index contributed by atoms with van der Waals surface area (Å²) < 4.78 is 0. The van der Waals surface area contributed by atoms with Crippen molar-refractivity contribution >= 4 is 0 Å². The molecule has 1 heteroatoms. The van der Waals surface area contributed by atoms with E-state index in [1.165, 1.54) is 11.1 Å². The number of rotatable bonds is 4. The molecule has 1 aromatic carbocycles. The first kappa shape index (κ1) is 15.2. The Kier molecular flexibility index (Phi) is 4.98. The first-order chi connectivity index (χ1) is 8.16. The quantitative estimate of drug-likeness (QED) is 0.831. The second kappa shape index (κ2) is 5.88. The minimum Gasteiger partial charge on any atom is -0.312 e. The van der Waals surface area contributed by atoms with Gasteiger partial charge in [-0.15, -0.1) is 0 Å². The molecule has 1 aromatic rings. The lowest BCUT2D eigenvalue weighted by Crippen LogP contribution is -2.26. The highest BCUT2D eigenvalue weighted by atomic mass is 14.9. The molecule has 0 unspecified atom stereocenters. The molecule has 0 aliphatic carbocycles. The molecule has 0 aliphatic rings. The third-order valence-corrected chi connectivity index (χ3v) is 2.74. The maximum absolute atomic E-state index is 3.51. The van der Waals surface area contributed by atoms with Crippen molar-refractivity contribution in [2.75, 3.05) is 6.54 Å². The zero-order valence-electron chi connectivity index (χ0n) is 12.9. The van der Waals surface area contributed by atoms with Gasteiger partial charge in [0.15, 0.2) is 0 Å². The van der Waals surface area contributed by atoms with Crippen LogP contribution < -0.4 is 5.32 Å². The van der Waals surface area contributed by atoms with Gasteiger partial charge < -0.3 is 5.32 Å². The standard InChI is InChI=1S/C17H29N/c1-16(2,3)11-14-7-9-15(10-8-14)12-18-13-17(4,5)6/h7-10,18H,11-13H2,1-6H3. The lowest BCUT2D eigenvalue weighted by atomic mass is 9.88. The predicted octanol–water partition coefficient (Wildman–Crippen LogP) is 4.41. The fourth-order valence-electron chi connectivity index (χ4n) is 1.97. The van der Waals surface area contributed by atoms with Gasteiger partial charge in [0.25, 0.3) is 0 Å². The molecule has 0 heterocycles. The Hall–Kier alpha value is -0.820. The van der Waals surface area contributed by atoms with Crippen LogP contribution in [-0.4, -0.2) is 6.54 Å². The van der Waals surface area contributed by atoms with Gasteiger partial charge in [-0.2, -0.15) is 0 Å². The lowest BCUT2D eigenvalue weighted by molar-refractivity contribution is 0.379. The molecule has 0 amide bonds. The van der Waals surface area contributed by atoms with Crippen LogP contribution in [-0.2, 0) is 13.0 Å². The van der Waals surface area contributed by atoms with Crippen LogP contribution in [0.2, 0.25) is 0 Å². The summed E-state index contributed by atoms with van der Waals surface area (Å²) in [4.78, 5) is 0. The SMILES string of the molecule is CC(C)(C)CNCc1ccc(CC(C)(C)C)cc1. The molecular formula is C17H29N. The highest BCUT2D eigenvalue weighted by molar-refractivity contribution is 5.23. The van der Waals surface area contributed by atoms with E-state index in [1.54, 1.807) is 0 Å². The monoisotopic (exact) mass is 247 g/mol. The summed E-state index contributed by atoms with van der Waals surface area (Å²) in [5, 5.41) is 3.51. The van der Waals surface area contributed by atoms with Crippen molar-refractivity contribution in [2.24, 2.45) is 10.8 Å². The summed E-state index contributed by atoms with van der Waals surface area (Å²) in [6.07, 6.45) is 1.14. The van der Waals surface area contributed by atoms with Crippen LogP contribution in [0, 0.1) is 10.8 Å². The van der Waals surface area contributed by atoms with Gasteiger partial charge in [-0.3, -0.25) is 0 Å². The van der Waals surface area contributed by atoms with Crippen LogP contribution in [0.25, 0.3) is 0 Å². The molecule has 0 radical (unpaired) electrons. The fourth-order valence-corrected chi connectivity index (χ4v) is 1.97. The molecule has 1 rings (SSSR count). The Morgan fingerprint density at radius 3 is 1.72 bits per heavy atom. The minimum absolute atomic E-state index is 0.353. The molecular weight excluding hydrogens is 218 g/mol. The predicted molar refractivity (Wildman–Crippen MR) is 80.8 cm³/mol. The van der Waals surface area contributed by atoms with Crippen molar-refractivity contribution in [3.63, 3.8) is 0 Å². The smallest absolute Gasteiger partial charge is 0.0205 e. The van der Waals surface area contributed by atoms with E-state index in [2.05, 4.69) is 71.1 Å². The van der Waals surface area contributed by atoms with Crippen LogP contribution in [0.4, 0.5) is 0 Å². The van der Waals surface area contributed by atoms with Crippen LogP contribution in [0.3, 0.4) is 0 Å². The van der Waals surface area contributed by atoms with E-state index in [9.17, 15) is 0 Å². The van der Waals surface area contributed by atoms with E-state index in [-0.39, 0.29) is 0 Å². The summed E-state index contributed by atoms with van der Waals surface area (Å²) >= 11 is 0. The molecule has 0 saturated carbocycles. The van der Waals surface area contributed by atoms with Crippen LogP contribution in [0.15, 0.2) is 24.3 Å². The Morgan fingerprint density at radius 2 is 1.28 bits per heavy atom. The molecule has 1 nitrogen and oxygen atoms in total. The molecule has 0 aromatic heterocycles. The van der Waals surface area contributed by atoms with Crippen molar-refractivity contribution in [3.8, 4) is 0 Å². The highest BCUT2D eigenvalue weighted by Crippen LogP contribution is 2.20. The van der Waals surface area contributed by atoms with Crippen LogP contribution >= 0.6 is 0 Å². The number of hydrogen-bond acceptors (Lipinski definition) is 1. The fraction of sp³-hybridized carbons (Fsp3) is 0.647. The topological polar surface area (TPSA) is 12.0 Å². The van der Waals surface area contributed by atoms with Crippen LogP contribution in [0.1, 0.15) is 52.7 Å². The summed E-state index contributed by atoms with van der Waals surface area (Å²) in [6, 6.07) is 9.02. The zero-order chi connectivity index (χ0) is 13.8. The van der Waals surface area contributed by atoms with Crippen molar-refractivity contribution in [1.29, 1.82) is 0 Å². The van der Waals surface area contributed by atoms with Gasteiger partial charge >= 0.3 is 0 Å². The Balaban J connectivity index is 2.46. The Morgan fingerprint density at radius 1 is 0.778 bits per heavy atom. The Bertz CT molecular complexity index is 349. The van der Waals surface area contributed by atoms with Crippen molar-refractivity contribution in [1.82, 2.24) is 5.32 Å². The van der Waals surface area contributed by atoms with Gasteiger partial charge in [0.1, 0.15) is 0 Å². The summed E-state index contributed by atoms with van der Waals surface area (Å²) in [6.45, 7) is 15.6. The van der Waals surface area contributed by atoms with Crippen molar-refractivity contribution in [3.05, 3.63) is 35.4 Å². The molecule has 0 bridgehead atoms. The van der Waals surface area contributed by atoms with Gasteiger partial charge in [0, 0.05) is 13.1 Å². The molecule has 0 atom stereocenters. The number of benzene rings is 1. The average molecular weight is 247 g/mol. The molecule has 0 fully saturated rings. The largest absolute Gasteiger partial charge is 0.312 e. The van der Waals surface area contributed by atoms with E-state index >= 15 is 0 Å². The van der Waals surface area contributed by atoms with Gasteiger partial charge in [0.05, 0.1) is 0 Å². The molecule has 0 spiro atoms. The highest BCUT2D eigenvalue weighted by Gasteiger charge is 2.11. The van der Waals surface area contributed by atoms with E-state index in [0.29, 0.717) is 10.8 Å². The molecule has 102 valence electrons. The van der Waals surface area contributed by atoms with Gasteiger partial charge in [0.2, 0.25) is 0 Å². The maximum atomic E-state index is 3.51. The molecule has 1 N–H and O–H groups in total. The third kappa shape index (κ3) is 6.80. The van der Waals surface area contributed by atoms with E-state index in [1.807, 2.05) is 0 Å². The van der Waals surface area contributed by atoms with Crippen molar-refractivity contribution in [2.45, 2.75) is 54.5 Å². The van der Waals surface area contributed by atoms with Gasteiger partial charge in [-0.1, -0.05) is 65.8 Å². The third-order valence-electron chi connectivity index (χ3n) is 2.74. The average Bonchev–Trinajstić information content (AvgIpc) is 2.16. The second-order valence-corrected chi connectivity index (χ2v) is 7.72. The van der Waals surface area contributed by atoms with Gasteiger partial charge in [-0.25, -0.2) is 0 Å². The van der Waals surface area contributed by atoms with E-state index < -0.39 is 0 Å². The molecule has 0 aliphatic heterocycles. The maximum Gasteiger partial charge on any atom is 0.0205 e. The summed E-state index contributed by atoms with van der Waals surface area (Å²) in [5.41, 5.74) is 3.53. The minimum atomic E-state index is 0.353. The normalized spacial score (nSPS) is 12.8. The van der Waals surface area contributed by atoms with Crippen molar-refractivity contribution < 1.29 is 0 Å². The zero-order valence-corrected chi connectivity index (χ0v) is 12.9. The van der Waals surface area contributed by atoms with Crippen LogP contribution in [0.5, 0.6) is 0 Å². The van der Waals surface area contributed by atoms with E-state index in [4.69, 9.17) is 0 Å². The number of nitrogens with one attached hydrogen (secondary N) is 1. The first-order valence-corrected chi connectivity index (χ1v) is 6.94. The summed E-state index contributed by atoms with van der Waals surface area (Å²) in [5.74, 6) is 0. The van der Waals surface area contributed by atoms with Gasteiger partial charge in [-0.05, 0) is 28.4 Å². The Labute approximate surface area is 113 Å². The first-order valence-electron chi connectivity index (χ1n) is 6.94. The number of hydrogen-bond donors (Lipinski definition) is 1. The van der Waals surface area contributed by atoms with E-state index in [0.717, 1.165) is 19.5 Å². The summed E-state index contributed by atoms with van der Waals surface area (Å²) in [7, 11) is 0. The second-order valence-electron chi connectivity index (χ2n) is 7.72.